The zero-order valence-electron chi connectivity index (χ0n) is 13.2. The lowest BCUT2D eigenvalue weighted by atomic mass is 10.2. The Balaban J connectivity index is 1.85. The van der Waals surface area contributed by atoms with Gasteiger partial charge in [-0.2, -0.15) is 5.26 Å². The van der Waals surface area contributed by atoms with E-state index >= 15 is 0 Å². The highest BCUT2D eigenvalue weighted by molar-refractivity contribution is 6.42. The van der Waals surface area contributed by atoms with E-state index in [1.54, 1.807) is 30.3 Å². The second kappa shape index (κ2) is 8.70. The summed E-state index contributed by atoms with van der Waals surface area (Å²) in [7, 11) is 1.93. The van der Waals surface area contributed by atoms with Crippen molar-refractivity contribution in [2.75, 3.05) is 18.9 Å². The van der Waals surface area contributed by atoms with Gasteiger partial charge in [-0.15, -0.1) is 0 Å². The van der Waals surface area contributed by atoms with Crippen LogP contribution < -0.4 is 5.32 Å². The van der Waals surface area contributed by atoms with Crippen molar-refractivity contribution >= 4 is 34.8 Å². The topological polar surface area (TPSA) is 56.1 Å². The predicted octanol–water partition coefficient (Wildman–Crippen LogP) is 4.33. The smallest absolute Gasteiger partial charge is 0.225 e. The maximum absolute atomic E-state index is 12.1. The van der Waals surface area contributed by atoms with E-state index in [9.17, 15) is 4.79 Å². The van der Waals surface area contributed by atoms with Crippen LogP contribution in [0.3, 0.4) is 0 Å². The summed E-state index contributed by atoms with van der Waals surface area (Å²) in [6.07, 6.45) is 0.331. The summed E-state index contributed by atoms with van der Waals surface area (Å²) in [6, 6.07) is 14.5. The molecule has 1 amide bonds. The average Bonchev–Trinajstić information content (AvgIpc) is 2.57. The van der Waals surface area contributed by atoms with Crippen LogP contribution in [0.25, 0.3) is 0 Å². The first-order valence-electron chi connectivity index (χ1n) is 7.41. The molecule has 0 unspecified atom stereocenters. The number of nitrogens with one attached hydrogen (secondary N) is 1. The molecular formula is C18H17Cl2N3O. The zero-order chi connectivity index (χ0) is 17.5. The van der Waals surface area contributed by atoms with Gasteiger partial charge in [-0.3, -0.25) is 4.79 Å². The number of nitriles is 1. The quantitative estimate of drug-likeness (QED) is 0.832. The molecule has 0 aliphatic carbocycles. The van der Waals surface area contributed by atoms with Gasteiger partial charge in [0, 0.05) is 19.5 Å². The number of anilines is 1. The SMILES string of the molecule is CN(CCC(=O)Nc1ccccc1C#N)Cc1ccc(Cl)c(Cl)c1. The second-order valence-corrected chi connectivity index (χ2v) is 6.26. The molecule has 2 aromatic rings. The van der Waals surface area contributed by atoms with Gasteiger partial charge in [0.15, 0.2) is 0 Å². The van der Waals surface area contributed by atoms with Crippen LogP contribution >= 0.6 is 23.2 Å². The number of carbonyl (C=O) groups excluding carboxylic acids is 1. The lowest BCUT2D eigenvalue weighted by molar-refractivity contribution is -0.116. The summed E-state index contributed by atoms with van der Waals surface area (Å²) in [5.41, 5.74) is 2.02. The van der Waals surface area contributed by atoms with E-state index < -0.39 is 0 Å². The number of para-hydroxylation sites is 1. The van der Waals surface area contributed by atoms with Crippen LogP contribution in [0.1, 0.15) is 17.5 Å². The largest absolute Gasteiger partial charge is 0.325 e. The first-order chi connectivity index (χ1) is 11.5. The van der Waals surface area contributed by atoms with Crippen molar-refractivity contribution in [3.05, 3.63) is 63.6 Å². The van der Waals surface area contributed by atoms with E-state index in [4.69, 9.17) is 28.5 Å². The van der Waals surface area contributed by atoms with Crippen LogP contribution in [0, 0.1) is 11.3 Å². The average molecular weight is 362 g/mol. The summed E-state index contributed by atoms with van der Waals surface area (Å²) < 4.78 is 0. The molecule has 0 bridgehead atoms. The summed E-state index contributed by atoms with van der Waals surface area (Å²) in [5, 5.41) is 12.8. The molecule has 6 heteroatoms. The Morgan fingerprint density at radius 1 is 1.21 bits per heavy atom. The fraction of sp³-hybridized carbons (Fsp3) is 0.222. The molecule has 1 N–H and O–H groups in total. The Morgan fingerprint density at radius 2 is 1.96 bits per heavy atom. The van der Waals surface area contributed by atoms with Crippen LogP contribution in [0.15, 0.2) is 42.5 Å². The van der Waals surface area contributed by atoms with Crippen molar-refractivity contribution in [1.82, 2.24) is 4.90 Å². The molecule has 0 radical (unpaired) electrons. The van der Waals surface area contributed by atoms with Crippen LogP contribution in [0.2, 0.25) is 10.0 Å². The van der Waals surface area contributed by atoms with Crippen molar-refractivity contribution in [2.45, 2.75) is 13.0 Å². The maximum Gasteiger partial charge on any atom is 0.225 e. The van der Waals surface area contributed by atoms with Gasteiger partial charge < -0.3 is 10.2 Å². The molecule has 0 aliphatic rings. The first-order valence-corrected chi connectivity index (χ1v) is 8.16. The molecule has 24 heavy (non-hydrogen) atoms. The Hall–Kier alpha value is -2.06. The molecular weight excluding hydrogens is 345 g/mol. The number of halogens is 2. The van der Waals surface area contributed by atoms with Gasteiger partial charge in [0.1, 0.15) is 6.07 Å². The molecule has 0 saturated carbocycles. The van der Waals surface area contributed by atoms with E-state index in [1.807, 2.05) is 24.1 Å². The Bertz CT molecular complexity index is 771. The number of benzene rings is 2. The number of hydrogen-bond donors (Lipinski definition) is 1. The monoisotopic (exact) mass is 361 g/mol. The van der Waals surface area contributed by atoms with Gasteiger partial charge in [0.25, 0.3) is 0 Å². The third-order valence-electron chi connectivity index (χ3n) is 3.48. The van der Waals surface area contributed by atoms with Crippen LogP contribution in [-0.4, -0.2) is 24.4 Å². The van der Waals surface area contributed by atoms with Gasteiger partial charge in [-0.1, -0.05) is 41.4 Å². The molecule has 0 saturated heterocycles. The fourth-order valence-electron chi connectivity index (χ4n) is 2.22. The molecule has 0 fully saturated rings. The van der Waals surface area contributed by atoms with Crippen LogP contribution in [0.5, 0.6) is 0 Å². The second-order valence-electron chi connectivity index (χ2n) is 5.44. The Morgan fingerprint density at radius 3 is 2.67 bits per heavy atom. The summed E-state index contributed by atoms with van der Waals surface area (Å²) in [6.45, 7) is 1.25. The maximum atomic E-state index is 12.1. The van der Waals surface area contributed by atoms with Crippen molar-refractivity contribution in [3.63, 3.8) is 0 Å². The van der Waals surface area contributed by atoms with Crippen molar-refractivity contribution in [1.29, 1.82) is 5.26 Å². The molecule has 2 rings (SSSR count). The molecule has 4 nitrogen and oxygen atoms in total. The zero-order valence-corrected chi connectivity index (χ0v) is 14.7. The lowest BCUT2D eigenvalue weighted by Gasteiger charge is -2.17. The molecule has 124 valence electrons. The number of carbonyl (C=O) groups is 1. The van der Waals surface area contributed by atoms with Gasteiger partial charge in [-0.25, -0.2) is 0 Å². The third kappa shape index (κ3) is 5.24. The molecule has 0 aromatic heterocycles. The van der Waals surface area contributed by atoms with Crippen LogP contribution in [-0.2, 0) is 11.3 Å². The van der Waals surface area contributed by atoms with Crippen LogP contribution in [0.4, 0.5) is 5.69 Å². The third-order valence-corrected chi connectivity index (χ3v) is 4.22. The van der Waals surface area contributed by atoms with Gasteiger partial charge in [-0.05, 0) is 36.9 Å². The molecule has 2 aromatic carbocycles. The first kappa shape index (κ1) is 18.3. The van der Waals surface area contributed by atoms with E-state index in [0.717, 1.165) is 5.56 Å². The molecule has 0 heterocycles. The van der Waals surface area contributed by atoms with Gasteiger partial charge in [0.2, 0.25) is 5.91 Å². The number of nitrogens with zero attached hydrogens (tertiary/aromatic N) is 2. The minimum absolute atomic E-state index is 0.126. The molecule has 0 spiro atoms. The van der Waals surface area contributed by atoms with Gasteiger partial charge >= 0.3 is 0 Å². The highest BCUT2D eigenvalue weighted by atomic mass is 35.5. The lowest BCUT2D eigenvalue weighted by Crippen LogP contribution is -2.24. The highest BCUT2D eigenvalue weighted by Gasteiger charge is 2.09. The standard InChI is InChI=1S/C18H17Cl2N3O/c1-23(12-13-6-7-15(19)16(20)10-13)9-8-18(24)22-17-5-3-2-4-14(17)11-21/h2-7,10H,8-9,12H2,1H3,(H,22,24). The van der Waals surface area contributed by atoms with E-state index in [1.165, 1.54) is 0 Å². The number of rotatable bonds is 6. The molecule has 0 atom stereocenters. The summed E-state index contributed by atoms with van der Waals surface area (Å²) in [5.74, 6) is -0.126. The number of amides is 1. The fourth-order valence-corrected chi connectivity index (χ4v) is 2.54. The Labute approximate surface area is 151 Å². The summed E-state index contributed by atoms with van der Waals surface area (Å²) >= 11 is 11.9. The minimum atomic E-state index is -0.126. The highest BCUT2D eigenvalue weighted by Crippen LogP contribution is 2.23. The number of hydrogen-bond acceptors (Lipinski definition) is 3. The minimum Gasteiger partial charge on any atom is -0.325 e. The van der Waals surface area contributed by atoms with E-state index in [-0.39, 0.29) is 5.91 Å². The summed E-state index contributed by atoms with van der Waals surface area (Å²) in [4.78, 5) is 14.1. The van der Waals surface area contributed by atoms with Crippen molar-refractivity contribution in [2.24, 2.45) is 0 Å². The van der Waals surface area contributed by atoms with Gasteiger partial charge in [0.05, 0.1) is 21.3 Å². The van der Waals surface area contributed by atoms with Crippen molar-refractivity contribution < 1.29 is 4.79 Å². The normalized spacial score (nSPS) is 10.5. The predicted molar refractivity (Wildman–Crippen MR) is 97.2 cm³/mol. The van der Waals surface area contributed by atoms with E-state index in [0.29, 0.717) is 40.8 Å². The van der Waals surface area contributed by atoms with E-state index in [2.05, 4.69) is 11.4 Å². The van der Waals surface area contributed by atoms with Crippen molar-refractivity contribution in [3.8, 4) is 6.07 Å². The molecule has 0 aliphatic heterocycles. The Kier molecular flexibility index (Phi) is 6.62.